The number of hydrogen-bond acceptors (Lipinski definition) is 3. The van der Waals surface area contributed by atoms with E-state index in [1.807, 2.05) is 18.5 Å². The highest BCUT2D eigenvalue weighted by molar-refractivity contribution is 9.10. The lowest BCUT2D eigenvalue weighted by Crippen LogP contribution is -2.42. The van der Waals surface area contributed by atoms with Crippen molar-refractivity contribution < 1.29 is 9.84 Å². The second-order valence-electron chi connectivity index (χ2n) is 4.97. The lowest BCUT2D eigenvalue weighted by molar-refractivity contribution is -0.0920. The predicted octanol–water partition coefficient (Wildman–Crippen LogP) is 2.95. The van der Waals surface area contributed by atoms with Crippen LogP contribution in [0, 0.1) is 0 Å². The number of halogens is 1. The van der Waals surface area contributed by atoms with E-state index < -0.39 is 11.7 Å². The highest BCUT2D eigenvalue weighted by atomic mass is 79.9. The smallest absolute Gasteiger partial charge is 0.0909 e. The number of rotatable bonds is 7. The molecule has 19 heavy (non-hydrogen) atoms. The van der Waals surface area contributed by atoms with Crippen LogP contribution in [0.5, 0.6) is 0 Å². The summed E-state index contributed by atoms with van der Waals surface area (Å²) in [6, 6.07) is 0. The molecule has 0 spiro atoms. The van der Waals surface area contributed by atoms with Gasteiger partial charge >= 0.3 is 0 Å². The van der Waals surface area contributed by atoms with Gasteiger partial charge in [-0.05, 0) is 42.6 Å². The molecule has 0 saturated carbocycles. The fraction of sp³-hybridized carbons (Fsp3) is 0.786. The molecule has 0 aliphatic heterocycles. The van der Waals surface area contributed by atoms with E-state index in [1.54, 1.807) is 7.11 Å². The van der Waals surface area contributed by atoms with Gasteiger partial charge in [-0.2, -0.15) is 5.10 Å². The third-order valence-electron chi connectivity index (χ3n) is 3.95. The summed E-state index contributed by atoms with van der Waals surface area (Å²) < 4.78 is 8.45. The minimum Gasteiger partial charge on any atom is -0.390 e. The van der Waals surface area contributed by atoms with E-state index in [2.05, 4.69) is 34.9 Å². The molecule has 110 valence electrons. The molecule has 1 aromatic rings. The van der Waals surface area contributed by atoms with Crippen LogP contribution in [0.25, 0.3) is 0 Å². The Morgan fingerprint density at radius 3 is 2.47 bits per heavy atom. The fourth-order valence-corrected chi connectivity index (χ4v) is 2.85. The molecule has 1 N–H and O–H groups in total. The third kappa shape index (κ3) is 3.38. The van der Waals surface area contributed by atoms with Gasteiger partial charge in [-0.25, -0.2) is 0 Å². The molecule has 0 radical (unpaired) electrons. The molecule has 0 saturated heterocycles. The van der Waals surface area contributed by atoms with Crippen molar-refractivity contribution in [3.63, 3.8) is 0 Å². The van der Waals surface area contributed by atoms with E-state index in [4.69, 9.17) is 4.74 Å². The number of aryl methyl sites for hydroxylation is 2. The van der Waals surface area contributed by atoms with Crippen LogP contribution in [0.15, 0.2) is 4.47 Å². The zero-order chi connectivity index (χ0) is 14.6. The Bertz CT molecular complexity index is 414. The number of aliphatic hydroxyl groups excluding tert-OH is 1. The van der Waals surface area contributed by atoms with Crippen LogP contribution in [0.1, 0.15) is 45.5 Å². The summed E-state index contributed by atoms with van der Waals surface area (Å²) >= 11 is 3.61. The molecule has 1 aromatic heterocycles. The molecule has 0 bridgehead atoms. The zero-order valence-corrected chi connectivity index (χ0v) is 14.1. The lowest BCUT2D eigenvalue weighted by atomic mass is 9.92. The van der Waals surface area contributed by atoms with Gasteiger partial charge in [0.15, 0.2) is 0 Å². The lowest BCUT2D eigenvalue weighted by Gasteiger charge is -2.32. The predicted molar refractivity (Wildman–Crippen MR) is 80.4 cm³/mol. The Kier molecular flexibility index (Phi) is 6.02. The first kappa shape index (κ1) is 16.7. The Hall–Kier alpha value is -0.390. The first-order valence-corrected chi connectivity index (χ1v) is 7.69. The summed E-state index contributed by atoms with van der Waals surface area (Å²) in [4.78, 5) is 0. The van der Waals surface area contributed by atoms with Gasteiger partial charge in [-0.15, -0.1) is 0 Å². The van der Waals surface area contributed by atoms with Crippen LogP contribution in [0.2, 0.25) is 0 Å². The molecule has 0 aliphatic rings. The highest BCUT2D eigenvalue weighted by Gasteiger charge is 2.32. The van der Waals surface area contributed by atoms with Crippen molar-refractivity contribution in [1.82, 2.24) is 9.78 Å². The first-order valence-electron chi connectivity index (χ1n) is 6.90. The van der Waals surface area contributed by atoms with Crippen molar-refractivity contribution in [2.45, 2.75) is 65.2 Å². The molecule has 0 aromatic carbocycles. The van der Waals surface area contributed by atoms with Crippen molar-refractivity contribution in [2.24, 2.45) is 0 Å². The van der Waals surface area contributed by atoms with Gasteiger partial charge in [0.1, 0.15) is 0 Å². The maximum Gasteiger partial charge on any atom is 0.0909 e. The number of aromatic nitrogens is 2. The Balaban J connectivity index is 3.02. The largest absolute Gasteiger partial charge is 0.390 e. The molecule has 0 fully saturated rings. The summed E-state index contributed by atoms with van der Waals surface area (Å²) in [5, 5.41) is 15.0. The van der Waals surface area contributed by atoms with Gasteiger partial charge in [0.2, 0.25) is 0 Å². The number of methoxy groups -OCH3 is 1. The summed E-state index contributed by atoms with van der Waals surface area (Å²) in [5.41, 5.74) is 1.57. The summed E-state index contributed by atoms with van der Waals surface area (Å²) in [6.07, 6.45) is 1.64. The first-order chi connectivity index (χ1) is 8.93. The van der Waals surface area contributed by atoms with Crippen LogP contribution >= 0.6 is 15.9 Å². The topological polar surface area (TPSA) is 47.3 Å². The molecule has 1 rings (SSSR count). The van der Waals surface area contributed by atoms with E-state index >= 15 is 0 Å². The maximum atomic E-state index is 10.5. The summed E-state index contributed by atoms with van der Waals surface area (Å²) in [5.74, 6) is 0. The van der Waals surface area contributed by atoms with E-state index in [0.717, 1.165) is 35.2 Å². The molecule has 0 aliphatic carbocycles. The Labute approximate surface area is 124 Å². The van der Waals surface area contributed by atoms with Crippen molar-refractivity contribution in [1.29, 1.82) is 0 Å². The van der Waals surface area contributed by atoms with Crippen LogP contribution < -0.4 is 0 Å². The molecular weight excluding hydrogens is 308 g/mol. The molecule has 4 nitrogen and oxygen atoms in total. The molecule has 0 amide bonds. The molecule has 2 unspecified atom stereocenters. The van der Waals surface area contributed by atoms with Crippen molar-refractivity contribution in [2.75, 3.05) is 7.11 Å². The van der Waals surface area contributed by atoms with Crippen molar-refractivity contribution in [3.05, 3.63) is 15.9 Å². The zero-order valence-electron chi connectivity index (χ0n) is 12.5. The minimum atomic E-state index is -0.550. The average Bonchev–Trinajstić information content (AvgIpc) is 2.74. The van der Waals surface area contributed by atoms with Crippen LogP contribution in [-0.2, 0) is 24.1 Å². The molecule has 2 atom stereocenters. The Morgan fingerprint density at radius 2 is 2.05 bits per heavy atom. The van der Waals surface area contributed by atoms with E-state index in [0.29, 0.717) is 6.42 Å². The second kappa shape index (κ2) is 6.86. The van der Waals surface area contributed by atoms with Crippen LogP contribution in [-0.4, -0.2) is 33.7 Å². The number of ether oxygens (including phenoxy) is 1. The third-order valence-corrected chi connectivity index (χ3v) is 4.87. The normalized spacial score (nSPS) is 16.4. The standard InChI is InChI=1S/C14H25BrN2O2/c1-6-10-13(15)11(17(8-3)16-10)9-12(18)14(4,7-2)19-5/h12,18H,6-9H2,1-5H3. The van der Waals surface area contributed by atoms with E-state index in [-0.39, 0.29) is 0 Å². The van der Waals surface area contributed by atoms with Gasteiger partial charge in [-0.3, -0.25) is 4.68 Å². The van der Waals surface area contributed by atoms with Gasteiger partial charge in [0.25, 0.3) is 0 Å². The fourth-order valence-electron chi connectivity index (χ4n) is 2.13. The number of nitrogens with zero attached hydrogens (tertiary/aromatic N) is 2. The minimum absolute atomic E-state index is 0.519. The van der Waals surface area contributed by atoms with Crippen molar-refractivity contribution in [3.8, 4) is 0 Å². The maximum absolute atomic E-state index is 10.5. The van der Waals surface area contributed by atoms with E-state index in [9.17, 15) is 5.11 Å². The monoisotopic (exact) mass is 332 g/mol. The summed E-state index contributed by atoms with van der Waals surface area (Å²) in [7, 11) is 1.65. The Morgan fingerprint density at radius 1 is 1.42 bits per heavy atom. The van der Waals surface area contributed by atoms with Crippen LogP contribution in [0.4, 0.5) is 0 Å². The number of aliphatic hydroxyl groups is 1. The molecular formula is C14H25BrN2O2. The highest BCUT2D eigenvalue weighted by Crippen LogP contribution is 2.28. The van der Waals surface area contributed by atoms with Crippen LogP contribution in [0.3, 0.4) is 0 Å². The van der Waals surface area contributed by atoms with Gasteiger partial charge in [0, 0.05) is 20.1 Å². The van der Waals surface area contributed by atoms with E-state index in [1.165, 1.54) is 0 Å². The molecule has 1 heterocycles. The average molecular weight is 333 g/mol. The quantitative estimate of drug-likeness (QED) is 0.835. The second-order valence-corrected chi connectivity index (χ2v) is 5.76. The molecule has 5 heteroatoms. The van der Waals surface area contributed by atoms with Gasteiger partial charge < -0.3 is 9.84 Å². The van der Waals surface area contributed by atoms with Gasteiger partial charge in [0.05, 0.1) is 27.6 Å². The van der Waals surface area contributed by atoms with Gasteiger partial charge in [-0.1, -0.05) is 13.8 Å². The summed E-state index contributed by atoms with van der Waals surface area (Å²) in [6.45, 7) is 8.91. The number of hydrogen-bond donors (Lipinski definition) is 1. The SMILES string of the molecule is CCc1nn(CC)c(CC(O)C(C)(CC)OC)c1Br. The van der Waals surface area contributed by atoms with Crippen molar-refractivity contribution >= 4 is 15.9 Å².